The molecule has 0 aliphatic heterocycles. The Hall–Kier alpha value is 0.480. The standard InChI is InChI=1S/C3H7OPS/c1-3(2)4-5-6/h3H,1-2H3. The van der Waals surface area contributed by atoms with Crippen molar-refractivity contribution in [3.8, 4) is 0 Å². The van der Waals surface area contributed by atoms with Crippen molar-refractivity contribution in [2.45, 2.75) is 20.0 Å². The zero-order valence-corrected chi connectivity index (χ0v) is 5.55. The third kappa shape index (κ3) is 4.48. The first-order valence-electron chi connectivity index (χ1n) is 1.76. The van der Waals surface area contributed by atoms with Crippen LogP contribution >= 0.6 is 7.58 Å². The molecule has 0 N–H and O–H groups in total. The molecule has 0 rings (SSSR count). The molecule has 36 valence electrons. The van der Waals surface area contributed by atoms with Gasteiger partial charge in [0.1, 0.15) is 7.58 Å². The summed E-state index contributed by atoms with van der Waals surface area (Å²) in [5.74, 6) is 0. The highest BCUT2D eigenvalue weighted by atomic mass is 32.4. The van der Waals surface area contributed by atoms with Crippen LogP contribution in [-0.4, -0.2) is 6.10 Å². The summed E-state index contributed by atoms with van der Waals surface area (Å²) < 4.78 is 4.83. The predicted molar refractivity (Wildman–Crippen MR) is 30.5 cm³/mol. The van der Waals surface area contributed by atoms with Crippen molar-refractivity contribution in [3.05, 3.63) is 0 Å². The largest absolute Gasteiger partial charge is 0.315 e. The molecule has 0 aromatic rings. The van der Waals surface area contributed by atoms with Crippen LogP contribution in [0.3, 0.4) is 0 Å². The molecule has 0 radical (unpaired) electrons. The van der Waals surface area contributed by atoms with E-state index in [1.54, 1.807) is 0 Å². The molecule has 0 unspecified atom stereocenters. The molecule has 0 atom stereocenters. The van der Waals surface area contributed by atoms with Gasteiger partial charge < -0.3 is 4.52 Å². The summed E-state index contributed by atoms with van der Waals surface area (Å²) in [5.41, 5.74) is 0. The normalized spacial score (nSPS) is 10.5. The van der Waals surface area contributed by atoms with Crippen LogP contribution in [0, 0.1) is 0 Å². The Labute approximate surface area is 44.6 Å². The monoisotopic (exact) mass is 122 g/mol. The second-order valence-electron chi connectivity index (χ2n) is 1.23. The van der Waals surface area contributed by atoms with Crippen LogP contribution in [-0.2, 0) is 16.3 Å². The van der Waals surface area contributed by atoms with Crippen molar-refractivity contribution >= 4 is 19.4 Å². The van der Waals surface area contributed by atoms with E-state index < -0.39 is 0 Å². The molecule has 6 heavy (non-hydrogen) atoms. The fourth-order valence-electron chi connectivity index (χ4n) is 0.0861. The van der Waals surface area contributed by atoms with Gasteiger partial charge in [0.25, 0.3) is 0 Å². The van der Waals surface area contributed by atoms with E-state index in [0.717, 1.165) is 0 Å². The van der Waals surface area contributed by atoms with Gasteiger partial charge in [0.2, 0.25) is 0 Å². The lowest BCUT2D eigenvalue weighted by molar-refractivity contribution is 0.286. The maximum Gasteiger partial charge on any atom is 0.137 e. The van der Waals surface area contributed by atoms with E-state index in [1.165, 1.54) is 0 Å². The zero-order valence-electron chi connectivity index (χ0n) is 3.84. The molecule has 1 nitrogen and oxygen atoms in total. The zero-order chi connectivity index (χ0) is 4.99. The highest BCUT2D eigenvalue weighted by molar-refractivity contribution is 7.94. The fourth-order valence-corrected chi connectivity index (χ4v) is 0.775. The first-order chi connectivity index (χ1) is 2.77. The van der Waals surface area contributed by atoms with Crippen molar-refractivity contribution < 1.29 is 4.52 Å². The van der Waals surface area contributed by atoms with E-state index in [-0.39, 0.29) is 6.10 Å². The summed E-state index contributed by atoms with van der Waals surface area (Å²) in [6.45, 7) is 3.92. The van der Waals surface area contributed by atoms with Crippen molar-refractivity contribution in [3.63, 3.8) is 0 Å². The minimum atomic E-state index is 0.282. The van der Waals surface area contributed by atoms with Crippen LogP contribution in [0.4, 0.5) is 0 Å². The molecule has 0 aromatic carbocycles. The lowest BCUT2D eigenvalue weighted by atomic mass is 10.5. The van der Waals surface area contributed by atoms with Gasteiger partial charge in [0.05, 0.1) is 6.10 Å². The third-order valence-electron chi connectivity index (χ3n) is 0.254. The Balaban J connectivity index is 2.81. The average Bonchev–Trinajstić information content (AvgIpc) is 1.35. The maximum atomic E-state index is 4.83. The van der Waals surface area contributed by atoms with Gasteiger partial charge in [-0.3, -0.25) is 0 Å². The molecule has 0 saturated heterocycles. The summed E-state index contributed by atoms with van der Waals surface area (Å²) in [7, 11) is 0.607. The molecule has 0 aromatic heterocycles. The molecule has 0 saturated carbocycles. The minimum absolute atomic E-state index is 0.282. The molecule has 0 aliphatic rings. The first kappa shape index (κ1) is 6.48. The lowest BCUT2D eigenvalue weighted by Crippen LogP contribution is -1.89. The van der Waals surface area contributed by atoms with Gasteiger partial charge in [0.15, 0.2) is 0 Å². The van der Waals surface area contributed by atoms with E-state index in [0.29, 0.717) is 7.58 Å². The average molecular weight is 122 g/mol. The first-order valence-corrected chi connectivity index (χ1v) is 3.58. The van der Waals surface area contributed by atoms with Crippen LogP contribution in [0.2, 0.25) is 0 Å². The Kier molecular flexibility index (Phi) is 3.96. The van der Waals surface area contributed by atoms with E-state index in [4.69, 9.17) is 4.52 Å². The second-order valence-corrected chi connectivity index (χ2v) is 2.04. The molecule has 3 heteroatoms. The SMILES string of the molecule is CC(C)OP=S. The number of hydrogen-bond donors (Lipinski definition) is 0. The smallest absolute Gasteiger partial charge is 0.137 e. The van der Waals surface area contributed by atoms with Crippen molar-refractivity contribution in [2.24, 2.45) is 0 Å². The third-order valence-corrected chi connectivity index (χ3v) is 1.02. The summed E-state index contributed by atoms with van der Waals surface area (Å²) in [6.07, 6.45) is 0.282. The van der Waals surface area contributed by atoms with Gasteiger partial charge in [0, 0.05) is 0 Å². The van der Waals surface area contributed by atoms with Gasteiger partial charge in [-0.1, -0.05) is 0 Å². The van der Waals surface area contributed by atoms with Gasteiger partial charge in [-0.05, 0) is 25.7 Å². The van der Waals surface area contributed by atoms with Crippen molar-refractivity contribution in [2.75, 3.05) is 0 Å². The molecular formula is C3H7OPS. The van der Waals surface area contributed by atoms with Gasteiger partial charge >= 0.3 is 0 Å². The van der Waals surface area contributed by atoms with E-state index >= 15 is 0 Å². The Bertz CT molecular complexity index is 46.1. The van der Waals surface area contributed by atoms with Gasteiger partial charge in [-0.25, -0.2) is 0 Å². The quantitative estimate of drug-likeness (QED) is 0.516. The highest BCUT2D eigenvalue weighted by Crippen LogP contribution is 1.99. The molecule has 0 amide bonds. The van der Waals surface area contributed by atoms with Crippen molar-refractivity contribution in [1.82, 2.24) is 0 Å². The Morgan fingerprint density at radius 1 is 1.67 bits per heavy atom. The van der Waals surface area contributed by atoms with Crippen LogP contribution in [0.15, 0.2) is 0 Å². The molecule has 0 spiro atoms. The molecule has 0 heterocycles. The molecule has 0 fully saturated rings. The summed E-state index contributed by atoms with van der Waals surface area (Å²) in [6, 6.07) is 0. The summed E-state index contributed by atoms with van der Waals surface area (Å²) >= 11 is 4.48. The summed E-state index contributed by atoms with van der Waals surface area (Å²) in [5, 5.41) is 0. The van der Waals surface area contributed by atoms with Crippen LogP contribution in [0.5, 0.6) is 0 Å². The number of rotatable bonds is 2. The van der Waals surface area contributed by atoms with Gasteiger partial charge in [-0.15, -0.1) is 0 Å². The topological polar surface area (TPSA) is 9.23 Å². The second kappa shape index (κ2) is 3.66. The molecule has 0 aliphatic carbocycles. The highest BCUT2D eigenvalue weighted by Gasteiger charge is 1.83. The Morgan fingerprint density at radius 2 is 2.17 bits per heavy atom. The van der Waals surface area contributed by atoms with Crippen LogP contribution < -0.4 is 0 Å². The van der Waals surface area contributed by atoms with Crippen LogP contribution in [0.25, 0.3) is 0 Å². The van der Waals surface area contributed by atoms with E-state index in [9.17, 15) is 0 Å². The molecular weight excluding hydrogens is 115 g/mol. The predicted octanol–water partition coefficient (Wildman–Crippen LogP) is 1.73. The number of hydrogen-bond acceptors (Lipinski definition) is 2. The van der Waals surface area contributed by atoms with E-state index in [1.807, 2.05) is 13.8 Å². The lowest BCUT2D eigenvalue weighted by Gasteiger charge is -1.93. The maximum absolute atomic E-state index is 4.83. The van der Waals surface area contributed by atoms with E-state index in [2.05, 4.69) is 11.8 Å². The van der Waals surface area contributed by atoms with Crippen molar-refractivity contribution in [1.29, 1.82) is 0 Å². The fraction of sp³-hybridized carbons (Fsp3) is 1.00. The summed E-state index contributed by atoms with van der Waals surface area (Å²) in [4.78, 5) is 0. The Morgan fingerprint density at radius 3 is 2.17 bits per heavy atom. The molecule has 0 bridgehead atoms. The van der Waals surface area contributed by atoms with Crippen LogP contribution in [0.1, 0.15) is 13.8 Å². The van der Waals surface area contributed by atoms with Gasteiger partial charge in [-0.2, -0.15) is 0 Å². The minimum Gasteiger partial charge on any atom is -0.315 e.